The van der Waals surface area contributed by atoms with Gasteiger partial charge in [-0.25, -0.2) is 4.79 Å². The number of ether oxygens (including phenoxy) is 1. The van der Waals surface area contributed by atoms with E-state index in [9.17, 15) is 4.79 Å². The van der Waals surface area contributed by atoms with Crippen LogP contribution < -0.4 is 0 Å². The molecule has 0 aliphatic rings. The van der Waals surface area contributed by atoms with Gasteiger partial charge in [0.2, 0.25) is 0 Å². The van der Waals surface area contributed by atoms with Crippen molar-refractivity contribution in [1.82, 2.24) is 0 Å². The Morgan fingerprint density at radius 3 is 2.83 bits per heavy atom. The molecule has 0 aromatic heterocycles. The van der Waals surface area contributed by atoms with Crippen molar-refractivity contribution in [1.29, 1.82) is 0 Å². The van der Waals surface area contributed by atoms with Crippen LogP contribution in [0.2, 0.25) is 0 Å². The molecule has 0 saturated carbocycles. The van der Waals surface area contributed by atoms with Crippen LogP contribution in [0.25, 0.3) is 16.8 Å². The first-order valence-electron chi connectivity index (χ1n) is 5.57. The Balaban J connectivity index is 2.24. The molecule has 0 aliphatic heterocycles. The Kier molecular flexibility index (Phi) is 3.78. The molecule has 0 heterocycles. The predicted octanol–water partition coefficient (Wildman–Crippen LogP) is 3.03. The average molecular weight is 236 g/mol. The van der Waals surface area contributed by atoms with Gasteiger partial charge in [0.15, 0.2) is 6.61 Å². The number of carbonyl (C=O) groups excluding carboxylic acids is 1. The smallest absolute Gasteiger partial charge is 0.331 e. The van der Waals surface area contributed by atoms with E-state index in [1.165, 1.54) is 6.08 Å². The van der Waals surface area contributed by atoms with Gasteiger partial charge in [-0.15, -0.1) is 6.42 Å². The third-order valence-corrected chi connectivity index (χ3v) is 2.52. The van der Waals surface area contributed by atoms with Crippen molar-refractivity contribution in [2.45, 2.75) is 0 Å². The van der Waals surface area contributed by atoms with Crippen molar-refractivity contribution in [3.63, 3.8) is 0 Å². The summed E-state index contributed by atoms with van der Waals surface area (Å²) in [4.78, 5) is 11.3. The molecule has 0 amide bonds. The Bertz CT molecular complexity index is 628. The van der Waals surface area contributed by atoms with Gasteiger partial charge in [-0.2, -0.15) is 0 Å². The topological polar surface area (TPSA) is 26.3 Å². The van der Waals surface area contributed by atoms with E-state index in [2.05, 4.69) is 5.92 Å². The number of benzene rings is 2. The van der Waals surface area contributed by atoms with Gasteiger partial charge < -0.3 is 4.74 Å². The van der Waals surface area contributed by atoms with Crippen molar-refractivity contribution in [3.05, 3.63) is 54.1 Å². The third kappa shape index (κ3) is 2.78. The van der Waals surface area contributed by atoms with E-state index in [0.717, 1.165) is 16.3 Å². The van der Waals surface area contributed by atoms with Crippen LogP contribution in [0.1, 0.15) is 5.56 Å². The van der Waals surface area contributed by atoms with Gasteiger partial charge in [0.1, 0.15) is 0 Å². The molecular formula is C16H12O2. The van der Waals surface area contributed by atoms with Crippen molar-refractivity contribution in [2.24, 2.45) is 0 Å². The minimum absolute atomic E-state index is 0.00128. The van der Waals surface area contributed by atoms with Gasteiger partial charge in [0.25, 0.3) is 0 Å². The standard InChI is InChI=1S/C16H12O2/c1-2-12-18-16(17)11-10-14-8-5-7-13-6-3-4-9-15(13)14/h1,3-11H,12H2/b11-10+. The highest BCUT2D eigenvalue weighted by molar-refractivity contribution is 5.94. The normalized spacial score (nSPS) is 10.4. The van der Waals surface area contributed by atoms with Crippen LogP contribution in [0.15, 0.2) is 48.5 Å². The Morgan fingerprint density at radius 1 is 1.22 bits per heavy atom. The molecule has 0 radical (unpaired) electrons. The molecule has 2 aromatic carbocycles. The lowest BCUT2D eigenvalue weighted by molar-refractivity contribution is -0.136. The molecule has 2 nitrogen and oxygen atoms in total. The fourth-order valence-corrected chi connectivity index (χ4v) is 1.71. The van der Waals surface area contributed by atoms with E-state index < -0.39 is 5.97 Å². The maximum atomic E-state index is 11.3. The Labute approximate surface area is 106 Å². The minimum Gasteiger partial charge on any atom is -0.449 e. The molecule has 2 aromatic rings. The summed E-state index contributed by atoms with van der Waals surface area (Å²) in [5, 5.41) is 2.23. The summed E-state index contributed by atoms with van der Waals surface area (Å²) in [6, 6.07) is 13.9. The molecule has 0 atom stereocenters. The fourth-order valence-electron chi connectivity index (χ4n) is 1.71. The van der Waals surface area contributed by atoms with Gasteiger partial charge in [0, 0.05) is 6.08 Å². The highest BCUT2D eigenvalue weighted by Crippen LogP contribution is 2.19. The minimum atomic E-state index is -0.430. The summed E-state index contributed by atoms with van der Waals surface area (Å²) >= 11 is 0. The summed E-state index contributed by atoms with van der Waals surface area (Å²) in [6.45, 7) is -0.00128. The number of rotatable bonds is 3. The average Bonchev–Trinajstić information content (AvgIpc) is 2.42. The zero-order chi connectivity index (χ0) is 12.8. The van der Waals surface area contributed by atoms with Crippen LogP contribution in [0.5, 0.6) is 0 Å². The summed E-state index contributed by atoms with van der Waals surface area (Å²) in [6.07, 6.45) is 8.13. The molecule has 0 unspecified atom stereocenters. The van der Waals surface area contributed by atoms with Gasteiger partial charge in [-0.1, -0.05) is 48.4 Å². The Hall–Kier alpha value is -2.53. The number of hydrogen-bond donors (Lipinski definition) is 0. The van der Waals surface area contributed by atoms with Crippen molar-refractivity contribution in [2.75, 3.05) is 6.61 Å². The fraction of sp³-hybridized carbons (Fsp3) is 0.0625. The van der Waals surface area contributed by atoms with Crippen LogP contribution in [0.4, 0.5) is 0 Å². The first kappa shape index (κ1) is 11.9. The summed E-state index contributed by atoms with van der Waals surface area (Å²) in [5.74, 6) is 1.82. The number of fused-ring (bicyclic) bond motifs is 1. The lowest BCUT2D eigenvalue weighted by Crippen LogP contribution is -1.99. The molecular weight excluding hydrogens is 224 g/mol. The highest BCUT2D eigenvalue weighted by atomic mass is 16.5. The van der Waals surface area contributed by atoms with Crippen LogP contribution in [-0.4, -0.2) is 12.6 Å². The maximum absolute atomic E-state index is 11.3. The molecule has 0 bridgehead atoms. The maximum Gasteiger partial charge on any atom is 0.331 e. The molecule has 0 fully saturated rings. The lowest BCUT2D eigenvalue weighted by Gasteiger charge is -2.01. The summed E-state index contributed by atoms with van der Waals surface area (Å²) < 4.78 is 4.76. The largest absolute Gasteiger partial charge is 0.449 e. The zero-order valence-corrected chi connectivity index (χ0v) is 9.80. The van der Waals surface area contributed by atoms with Gasteiger partial charge in [-0.05, 0) is 22.4 Å². The van der Waals surface area contributed by atoms with E-state index in [0.29, 0.717) is 0 Å². The molecule has 0 saturated heterocycles. The number of hydrogen-bond acceptors (Lipinski definition) is 2. The van der Waals surface area contributed by atoms with Crippen LogP contribution in [-0.2, 0) is 9.53 Å². The quantitative estimate of drug-likeness (QED) is 0.465. The van der Waals surface area contributed by atoms with Crippen LogP contribution in [0.3, 0.4) is 0 Å². The lowest BCUT2D eigenvalue weighted by atomic mass is 10.0. The summed E-state index contributed by atoms with van der Waals surface area (Å²) in [5.41, 5.74) is 0.978. The molecule has 2 rings (SSSR count). The van der Waals surface area contributed by atoms with E-state index in [1.54, 1.807) is 6.08 Å². The predicted molar refractivity (Wildman–Crippen MR) is 72.8 cm³/mol. The molecule has 88 valence electrons. The van der Waals surface area contributed by atoms with E-state index in [-0.39, 0.29) is 6.61 Å². The SMILES string of the molecule is C#CCOC(=O)/C=C/c1cccc2ccccc12. The van der Waals surface area contributed by atoms with Crippen LogP contribution in [0, 0.1) is 12.3 Å². The second kappa shape index (κ2) is 5.70. The summed E-state index contributed by atoms with van der Waals surface area (Å²) in [7, 11) is 0. The van der Waals surface area contributed by atoms with Crippen molar-refractivity contribution < 1.29 is 9.53 Å². The first-order valence-corrected chi connectivity index (χ1v) is 5.57. The van der Waals surface area contributed by atoms with Crippen LogP contribution >= 0.6 is 0 Å². The van der Waals surface area contributed by atoms with E-state index >= 15 is 0 Å². The molecule has 0 spiro atoms. The molecule has 2 heteroatoms. The molecule has 18 heavy (non-hydrogen) atoms. The van der Waals surface area contributed by atoms with Gasteiger partial charge in [-0.3, -0.25) is 0 Å². The first-order chi connectivity index (χ1) is 8.81. The number of terminal acetylenes is 1. The van der Waals surface area contributed by atoms with E-state index in [1.807, 2.05) is 42.5 Å². The third-order valence-electron chi connectivity index (χ3n) is 2.52. The monoisotopic (exact) mass is 236 g/mol. The van der Waals surface area contributed by atoms with E-state index in [4.69, 9.17) is 11.2 Å². The Morgan fingerprint density at radius 2 is 2.00 bits per heavy atom. The second-order valence-corrected chi connectivity index (χ2v) is 3.71. The second-order valence-electron chi connectivity index (χ2n) is 3.71. The zero-order valence-electron chi connectivity index (χ0n) is 9.80. The highest BCUT2D eigenvalue weighted by Gasteiger charge is 1.98. The molecule has 0 N–H and O–H groups in total. The van der Waals surface area contributed by atoms with Gasteiger partial charge >= 0.3 is 5.97 Å². The van der Waals surface area contributed by atoms with Crippen molar-refractivity contribution >= 4 is 22.8 Å². The molecule has 0 aliphatic carbocycles. The number of esters is 1. The van der Waals surface area contributed by atoms with Gasteiger partial charge in [0.05, 0.1) is 0 Å². The number of carbonyl (C=O) groups is 1. The van der Waals surface area contributed by atoms with Crippen molar-refractivity contribution in [3.8, 4) is 12.3 Å².